The van der Waals surface area contributed by atoms with E-state index in [1.54, 1.807) is 18.3 Å². The zero-order valence-corrected chi connectivity index (χ0v) is 11.8. The Balaban J connectivity index is 2.20. The highest BCUT2D eigenvalue weighted by Crippen LogP contribution is 2.28. The first-order valence-corrected chi connectivity index (χ1v) is 6.84. The van der Waals surface area contributed by atoms with Crippen LogP contribution in [-0.2, 0) is 0 Å². The molecule has 0 saturated heterocycles. The number of nitrogens with one attached hydrogen (secondary N) is 1. The van der Waals surface area contributed by atoms with Gasteiger partial charge in [0.25, 0.3) is 0 Å². The molecule has 0 aliphatic rings. The lowest BCUT2D eigenvalue weighted by Crippen LogP contribution is -2.11. The minimum Gasteiger partial charge on any atom is -0.476 e. The Bertz CT molecular complexity index is 542. The quantitative estimate of drug-likeness (QED) is 0.858. The average molecular weight is 274 g/mol. The molecule has 20 heavy (non-hydrogen) atoms. The number of anilines is 1. The lowest BCUT2D eigenvalue weighted by Gasteiger charge is -2.20. The van der Waals surface area contributed by atoms with E-state index in [9.17, 15) is 4.39 Å². The standard InChI is InChI=1S/C16H19FN2O/c1-3-14(12-7-9-13(17)10-8-12)19-15-6-5-11-18-16(15)20-4-2/h5-11,14,19H,3-4H2,1-2H3. The summed E-state index contributed by atoms with van der Waals surface area (Å²) in [6, 6.07) is 10.4. The molecule has 0 spiro atoms. The van der Waals surface area contributed by atoms with Crippen molar-refractivity contribution in [1.29, 1.82) is 0 Å². The molecule has 0 aliphatic carbocycles. The fourth-order valence-electron chi connectivity index (χ4n) is 2.06. The lowest BCUT2D eigenvalue weighted by molar-refractivity contribution is 0.328. The molecule has 0 amide bonds. The number of nitrogens with zero attached hydrogens (tertiary/aromatic N) is 1. The summed E-state index contributed by atoms with van der Waals surface area (Å²) in [5.41, 5.74) is 1.89. The molecule has 2 aromatic rings. The first-order chi connectivity index (χ1) is 9.74. The van der Waals surface area contributed by atoms with Crippen LogP contribution < -0.4 is 10.1 Å². The van der Waals surface area contributed by atoms with Crippen molar-refractivity contribution in [3.8, 4) is 5.88 Å². The highest BCUT2D eigenvalue weighted by Gasteiger charge is 2.12. The second kappa shape index (κ2) is 6.89. The van der Waals surface area contributed by atoms with Crippen LogP contribution in [0.4, 0.5) is 10.1 Å². The van der Waals surface area contributed by atoms with Gasteiger partial charge in [-0.1, -0.05) is 19.1 Å². The molecule has 1 atom stereocenters. The fraction of sp³-hybridized carbons (Fsp3) is 0.312. The van der Waals surface area contributed by atoms with Gasteiger partial charge in [0.1, 0.15) is 5.82 Å². The molecule has 0 aliphatic heterocycles. The molecule has 4 heteroatoms. The monoisotopic (exact) mass is 274 g/mol. The van der Waals surface area contributed by atoms with Crippen LogP contribution in [0, 0.1) is 5.82 Å². The number of hydrogen-bond acceptors (Lipinski definition) is 3. The van der Waals surface area contributed by atoms with E-state index >= 15 is 0 Å². The van der Waals surface area contributed by atoms with Gasteiger partial charge < -0.3 is 10.1 Å². The minimum absolute atomic E-state index is 0.0963. The number of aromatic nitrogens is 1. The van der Waals surface area contributed by atoms with Gasteiger partial charge >= 0.3 is 0 Å². The Labute approximate surface area is 118 Å². The van der Waals surface area contributed by atoms with Crippen molar-refractivity contribution in [3.05, 3.63) is 54.0 Å². The molecule has 0 radical (unpaired) electrons. The Morgan fingerprint density at radius 3 is 2.60 bits per heavy atom. The van der Waals surface area contributed by atoms with E-state index in [4.69, 9.17) is 4.74 Å². The van der Waals surface area contributed by atoms with Gasteiger partial charge in [0.2, 0.25) is 5.88 Å². The van der Waals surface area contributed by atoms with Crippen molar-refractivity contribution >= 4 is 5.69 Å². The van der Waals surface area contributed by atoms with E-state index < -0.39 is 0 Å². The molecule has 1 unspecified atom stereocenters. The summed E-state index contributed by atoms with van der Waals surface area (Å²) in [5, 5.41) is 3.41. The maximum absolute atomic E-state index is 13.0. The third-order valence-corrected chi connectivity index (χ3v) is 3.06. The predicted molar refractivity (Wildman–Crippen MR) is 78.5 cm³/mol. The van der Waals surface area contributed by atoms with E-state index in [1.165, 1.54) is 12.1 Å². The summed E-state index contributed by atoms with van der Waals surface area (Å²) < 4.78 is 18.5. The molecule has 1 aromatic heterocycles. The summed E-state index contributed by atoms with van der Waals surface area (Å²) in [5.74, 6) is 0.371. The molecule has 2 rings (SSSR count). The van der Waals surface area contributed by atoms with Crippen LogP contribution in [-0.4, -0.2) is 11.6 Å². The highest BCUT2D eigenvalue weighted by atomic mass is 19.1. The molecule has 106 valence electrons. The van der Waals surface area contributed by atoms with Crippen LogP contribution in [0.5, 0.6) is 5.88 Å². The number of hydrogen-bond donors (Lipinski definition) is 1. The van der Waals surface area contributed by atoms with E-state index in [-0.39, 0.29) is 11.9 Å². The molecule has 0 saturated carbocycles. The van der Waals surface area contributed by atoms with Crippen LogP contribution in [0.25, 0.3) is 0 Å². The van der Waals surface area contributed by atoms with Crippen molar-refractivity contribution in [2.75, 3.05) is 11.9 Å². The number of halogens is 1. The van der Waals surface area contributed by atoms with Gasteiger partial charge in [-0.2, -0.15) is 0 Å². The molecular weight excluding hydrogens is 255 g/mol. The van der Waals surface area contributed by atoms with E-state index in [0.29, 0.717) is 12.5 Å². The summed E-state index contributed by atoms with van der Waals surface area (Å²) >= 11 is 0. The SMILES string of the molecule is CCOc1ncccc1NC(CC)c1ccc(F)cc1. The summed E-state index contributed by atoms with van der Waals surface area (Å²) in [6.45, 7) is 4.58. The smallest absolute Gasteiger partial charge is 0.237 e. The maximum atomic E-state index is 13.0. The van der Waals surface area contributed by atoms with E-state index in [1.807, 2.05) is 19.1 Å². The zero-order valence-electron chi connectivity index (χ0n) is 11.8. The van der Waals surface area contributed by atoms with Gasteiger partial charge in [-0.25, -0.2) is 9.37 Å². The molecular formula is C16H19FN2O. The van der Waals surface area contributed by atoms with Crippen molar-refractivity contribution < 1.29 is 9.13 Å². The van der Waals surface area contributed by atoms with E-state index in [2.05, 4.69) is 17.2 Å². The van der Waals surface area contributed by atoms with Gasteiger partial charge in [0, 0.05) is 6.20 Å². The maximum Gasteiger partial charge on any atom is 0.237 e. The van der Waals surface area contributed by atoms with Crippen molar-refractivity contribution in [2.24, 2.45) is 0 Å². The van der Waals surface area contributed by atoms with Crippen LogP contribution in [0.3, 0.4) is 0 Å². The first-order valence-electron chi connectivity index (χ1n) is 6.84. The summed E-state index contributed by atoms with van der Waals surface area (Å²) in [4.78, 5) is 4.22. The van der Waals surface area contributed by atoms with Gasteiger partial charge in [0.05, 0.1) is 18.3 Å². The zero-order chi connectivity index (χ0) is 14.4. The van der Waals surface area contributed by atoms with Crippen LogP contribution >= 0.6 is 0 Å². The molecule has 1 N–H and O–H groups in total. The van der Waals surface area contributed by atoms with Gasteiger partial charge in [0.15, 0.2) is 0 Å². The minimum atomic E-state index is -0.222. The third kappa shape index (κ3) is 3.47. The summed E-state index contributed by atoms with van der Waals surface area (Å²) in [7, 11) is 0. The van der Waals surface area contributed by atoms with Crippen molar-refractivity contribution in [3.63, 3.8) is 0 Å². The molecule has 3 nitrogen and oxygen atoms in total. The average Bonchev–Trinajstić information content (AvgIpc) is 2.48. The van der Waals surface area contributed by atoms with E-state index in [0.717, 1.165) is 17.7 Å². The van der Waals surface area contributed by atoms with Crippen molar-refractivity contribution in [1.82, 2.24) is 4.98 Å². The second-order valence-corrected chi connectivity index (χ2v) is 4.45. The number of benzene rings is 1. The lowest BCUT2D eigenvalue weighted by atomic mass is 10.0. The largest absolute Gasteiger partial charge is 0.476 e. The topological polar surface area (TPSA) is 34.1 Å². The Hall–Kier alpha value is -2.10. The number of pyridine rings is 1. The van der Waals surface area contributed by atoms with Gasteiger partial charge in [-0.15, -0.1) is 0 Å². The van der Waals surface area contributed by atoms with Crippen LogP contribution in [0.15, 0.2) is 42.6 Å². The normalized spacial score (nSPS) is 11.9. The Kier molecular flexibility index (Phi) is 4.93. The molecule has 1 heterocycles. The highest BCUT2D eigenvalue weighted by molar-refractivity contribution is 5.53. The van der Waals surface area contributed by atoms with Crippen LogP contribution in [0.2, 0.25) is 0 Å². The Morgan fingerprint density at radius 2 is 1.95 bits per heavy atom. The number of ether oxygens (including phenoxy) is 1. The molecule has 1 aromatic carbocycles. The predicted octanol–water partition coefficient (Wildman–Crippen LogP) is 4.18. The third-order valence-electron chi connectivity index (χ3n) is 3.06. The van der Waals surface area contributed by atoms with Gasteiger partial charge in [-0.05, 0) is 43.2 Å². The molecule has 0 bridgehead atoms. The van der Waals surface area contributed by atoms with Gasteiger partial charge in [-0.3, -0.25) is 0 Å². The Morgan fingerprint density at radius 1 is 1.20 bits per heavy atom. The van der Waals surface area contributed by atoms with Crippen LogP contribution in [0.1, 0.15) is 31.9 Å². The second-order valence-electron chi connectivity index (χ2n) is 4.45. The number of rotatable bonds is 6. The molecule has 0 fully saturated rings. The fourth-order valence-corrected chi connectivity index (χ4v) is 2.06. The summed E-state index contributed by atoms with van der Waals surface area (Å²) in [6.07, 6.45) is 2.58. The first kappa shape index (κ1) is 14.3. The van der Waals surface area contributed by atoms with Crippen molar-refractivity contribution in [2.45, 2.75) is 26.3 Å².